The first-order chi connectivity index (χ1) is 32.5. The second-order valence-electron chi connectivity index (χ2n) is 16.7. The Morgan fingerprint density at radius 3 is 1.63 bits per heavy atom. The van der Waals surface area contributed by atoms with Crippen LogP contribution in [0.2, 0.25) is 0 Å². The van der Waals surface area contributed by atoms with Gasteiger partial charge in [0.1, 0.15) is 17.6 Å². The maximum Gasteiger partial charge on any atom is 0.344 e. The highest BCUT2D eigenvalue weighted by Gasteiger charge is 2.49. The molecule has 12 nitrogen and oxygen atoms in total. The molecule has 2 aliphatic carbocycles. The van der Waals surface area contributed by atoms with E-state index < -0.39 is 23.1 Å². The second-order valence-corrected chi connectivity index (χ2v) is 21.3. The first kappa shape index (κ1) is 45.5. The van der Waals surface area contributed by atoms with E-state index in [2.05, 4.69) is 12.1 Å². The summed E-state index contributed by atoms with van der Waals surface area (Å²) in [4.78, 5) is 54.7. The number of aryl methyl sites for hydroxylation is 2. The number of carbonyl (C=O) groups excluding carboxylic acids is 4. The lowest BCUT2D eigenvalue weighted by Crippen LogP contribution is -2.43. The summed E-state index contributed by atoms with van der Waals surface area (Å²) in [6.07, 6.45) is 3.99. The minimum atomic E-state index is -0.612. The van der Waals surface area contributed by atoms with E-state index in [1.807, 2.05) is 38.1 Å². The molecule has 4 heterocycles. The third-order valence-corrected chi connectivity index (χ3v) is 16.4. The van der Waals surface area contributed by atoms with E-state index in [1.165, 1.54) is 22.7 Å². The molecule has 67 heavy (non-hydrogen) atoms. The lowest BCUT2D eigenvalue weighted by molar-refractivity contribution is -0.312. The molecule has 0 radical (unpaired) electrons. The van der Waals surface area contributed by atoms with Crippen molar-refractivity contribution in [1.82, 2.24) is 0 Å². The number of fused-ring (bicyclic) bond motifs is 4. The summed E-state index contributed by atoms with van der Waals surface area (Å²) in [5.74, 6) is -0.567. The summed E-state index contributed by atoms with van der Waals surface area (Å²) >= 11 is 4.66. The van der Waals surface area contributed by atoms with Gasteiger partial charge in [-0.25, -0.2) is 9.59 Å². The normalized spacial score (nSPS) is 20.4. The Morgan fingerprint density at radius 2 is 1.16 bits per heavy atom. The fourth-order valence-electron chi connectivity index (χ4n) is 8.70. The number of thiophene rings is 2. The van der Waals surface area contributed by atoms with Crippen LogP contribution in [0.5, 0.6) is 21.6 Å². The molecule has 0 saturated carbocycles. The van der Waals surface area contributed by atoms with Crippen molar-refractivity contribution >= 4 is 68.4 Å². The van der Waals surface area contributed by atoms with Crippen LogP contribution < -0.4 is 18.9 Å². The van der Waals surface area contributed by atoms with E-state index in [1.54, 1.807) is 72.8 Å². The number of carbonyl (C=O) groups is 4. The molecule has 16 heteroatoms. The first-order valence-corrected chi connectivity index (χ1v) is 25.1. The van der Waals surface area contributed by atoms with Gasteiger partial charge in [0.2, 0.25) is 10.2 Å². The van der Waals surface area contributed by atoms with Gasteiger partial charge in [0, 0.05) is 23.0 Å². The number of rotatable bonds is 17. The molecule has 2 fully saturated rings. The van der Waals surface area contributed by atoms with Crippen LogP contribution in [-0.4, -0.2) is 67.0 Å². The first-order valence-electron chi connectivity index (χ1n) is 21.8. The Morgan fingerprint density at radius 1 is 0.672 bits per heavy atom. The van der Waals surface area contributed by atoms with Gasteiger partial charge in [-0.1, -0.05) is 59.1 Å². The second kappa shape index (κ2) is 19.4. The quantitative estimate of drug-likeness (QED) is 0.0370. The average Bonchev–Trinajstić information content (AvgIpc) is 3.56. The summed E-state index contributed by atoms with van der Waals surface area (Å²) in [5.41, 5.74) is 5.62. The van der Waals surface area contributed by atoms with Gasteiger partial charge in [-0.15, -0.1) is 0 Å². The summed E-state index contributed by atoms with van der Waals surface area (Å²) < 4.78 is 45.9. The third kappa shape index (κ3) is 9.99. The summed E-state index contributed by atoms with van der Waals surface area (Å²) in [7, 11) is 0. The Bertz CT molecular complexity index is 2820. The molecular weight excluding hydrogens is 933 g/mol. The zero-order chi connectivity index (χ0) is 46.1. The molecule has 2 aliphatic heterocycles. The van der Waals surface area contributed by atoms with Crippen LogP contribution >= 0.6 is 46.2 Å². The van der Waals surface area contributed by atoms with Crippen molar-refractivity contribution in [2.75, 3.05) is 26.8 Å². The van der Waals surface area contributed by atoms with Crippen LogP contribution in [0.3, 0.4) is 0 Å². The van der Waals surface area contributed by atoms with Gasteiger partial charge in [-0.2, -0.15) is 0 Å². The van der Waals surface area contributed by atoms with E-state index in [0.717, 1.165) is 77.9 Å². The van der Waals surface area contributed by atoms with Gasteiger partial charge in [0.05, 0.1) is 38.9 Å². The molecule has 4 aromatic carbocycles. The Kier molecular flexibility index (Phi) is 13.1. The van der Waals surface area contributed by atoms with Crippen molar-refractivity contribution in [3.05, 3.63) is 154 Å². The number of epoxide rings is 1. The van der Waals surface area contributed by atoms with E-state index in [9.17, 15) is 19.2 Å². The van der Waals surface area contributed by atoms with E-state index in [0.29, 0.717) is 65.5 Å². The zero-order valence-electron chi connectivity index (χ0n) is 36.4. The van der Waals surface area contributed by atoms with Crippen molar-refractivity contribution < 1.29 is 57.1 Å². The molecule has 6 aromatic rings. The summed E-state index contributed by atoms with van der Waals surface area (Å²) in [5, 5.41) is 0.499. The molecular formula is C51H44O12S4. The standard InChI is InChI=1S/C51H44O12S4/c1-30(39-27-56-39)57-28-58-35-13-9-33(10-14-35)46(52)62-40-17-19-42(64-40)66-48(54)37-7-3-5-31-21-23-51(44(31)37)24-22-32-6-4-8-38(45(32)51)49(55)67-43-20-18-41(65-43)63-47(53)34-11-15-36(16-12-34)59-29-61-50(2)25-26-60-50/h3-20,30,39H,21-29H2,1-2H3. The van der Waals surface area contributed by atoms with Crippen LogP contribution in [0.15, 0.2) is 118 Å². The lowest BCUT2D eigenvalue weighted by Gasteiger charge is -2.37. The minimum absolute atomic E-state index is 0.0259. The van der Waals surface area contributed by atoms with E-state index in [4.69, 9.17) is 37.9 Å². The van der Waals surface area contributed by atoms with Gasteiger partial charge < -0.3 is 37.9 Å². The molecule has 0 N–H and O–H groups in total. The van der Waals surface area contributed by atoms with Crippen molar-refractivity contribution in [2.24, 2.45) is 0 Å². The van der Waals surface area contributed by atoms with Gasteiger partial charge in [-0.3, -0.25) is 9.59 Å². The predicted molar refractivity (Wildman–Crippen MR) is 253 cm³/mol. The van der Waals surface area contributed by atoms with Crippen LogP contribution in [0.25, 0.3) is 0 Å². The van der Waals surface area contributed by atoms with Gasteiger partial charge in [0.15, 0.2) is 29.5 Å². The molecule has 0 amide bonds. The molecule has 10 rings (SSSR count). The number of thioether (sulfide) groups is 2. The van der Waals surface area contributed by atoms with Gasteiger partial charge in [0.25, 0.3) is 0 Å². The summed E-state index contributed by atoms with van der Waals surface area (Å²) in [6.45, 7) is 5.25. The SMILES string of the molecule is CC(OCOc1ccc(C(=O)Oc2ccc(SC(=O)c3cccc4c3C3(CC4)CCc4cccc(C(=O)Sc5ccc(OC(=O)c6ccc(OCOC7(C)CCO7)cc6)s5)c43)s2)cc1)C1CO1. The molecule has 344 valence electrons. The molecule has 1 spiro atoms. The number of hydrogen-bond acceptors (Lipinski definition) is 16. The predicted octanol–water partition coefficient (Wildman–Crippen LogP) is 10.9. The van der Waals surface area contributed by atoms with E-state index in [-0.39, 0.29) is 36.0 Å². The zero-order valence-corrected chi connectivity index (χ0v) is 39.7. The fourth-order valence-corrected chi connectivity index (χ4v) is 12.3. The Labute approximate surface area is 403 Å². The minimum Gasteiger partial charge on any atom is -0.468 e. The van der Waals surface area contributed by atoms with E-state index >= 15 is 0 Å². The van der Waals surface area contributed by atoms with Crippen molar-refractivity contribution in [1.29, 1.82) is 0 Å². The molecule has 4 atom stereocenters. The molecule has 4 aliphatic rings. The van der Waals surface area contributed by atoms with Gasteiger partial charge in [-0.05, 0) is 158 Å². The molecule has 4 unspecified atom stereocenters. The number of benzene rings is 4. The third-order valence-electron chi connectivity index (χ3n) is 12.4. The number of ether oxygens (including phenoxy) is 8. The largest absolute Gasteiger partial charge is 0.468 e. The van der Waals surface area contributed by atoms with Crippen molar-refractivity contribution in [2.45, 2.75) is 77.8 Å². The van der Waals surface area contributed by atoms with Crippen LogP contribution in [0, 0.1) is 0 Å². The smallest absolute Gasteiger partial charge is 0.344 e. The summed E-state index contributed by atoms with van der Waals surface area (Å²) in [6, 6.07) is 32.0. The Balaban J connectivity index is 0.777. The molecule has 2 saturated heterocycles. The highest BCUT2D eigenvalue weighted by Crippen LogP contribution is 2.56. The topological polar surface area (TPSA) is 145 Å². The van der Waals surface area contributed by atoms with Crippen LogP contribution in [-0.2, 0) is 37.2 Å². The monoisotopic (exact) mass is 976 g/mol. The molecule has 0 bridgehead atoms. The van der Waals surface area contributed by atoms with Crippen molar-refractivity contribution in [3.8, 4) is 21.6 Å². The highest BCUT2D eigenvalue weighted by molar-refractivity contribution is 8.15. The molecule has 2 aromatic heterocycles. The maximum atomic E-state index is 14.3. The Hall–Kier alpha value is -5.30. The number of hydrogen-bond donors (Lipinski definition) is 0. The highest BCUT2D eigenvalue weighted by atomic mass is 32.2. The number of esters is 2. The maximum absolute atomic E-state index is 14.3. The van der Waals surface area contributed by atoms with Crippen molar-refractivity contribution in [3.63, 3.8) is 0 Å². The lowest BCUT2D eigenvalue weighted by atomic mass is 9.73. The average molecular weight is 977 g/mol. The van der Waals surface area contributed by atoms with Gasteiger partial charge >= 0.3 is 11.9 Å². The van der Waals surface area contributed by atoms with Crippen LogP contribution in [0.4, 0.5) is 0 Å². The fraction of sp³-hybridized carbons (Fsp3) is 0.294. The van der Waals surface area contributed by atoms with Crippen LogP contribution in [0.1, 0.15) is 96.8 Å².